The van der Waals surface area contributed by atoms with Crippen LogP contribution in [-0.4, -0.2) is 40.0 Å². The third kappa shape index (κ3) is 4.99. The van der Waals surface area contributed by atoms with Gasteiger partial charge in [0, 0.05) is 31.3 Å². The van der Waals surface area contributed by atoms with Crippen LogP contribution in [0.1, 0.15) is 50.2 Å². The van der Waals surface area contributed by atoms with E-state index in [4.69, 9.17) is 14.5 Å². The van der Waals surface area contributed by atoms with Crippen molar-refractivity contribution < 1.29 is 9.47 Å². The molecule has 4 rings (SSSR count). The van der Waals surface area contributed by atoms with E-state index in [0.29, 0.717) is 25.8 Å². The Morgan fingerprint density at radius 2 is 1.90 bits per heavy atom. The van der Waals surface area contributed by atoms with Crippen LogP contribution in [0.15, 0.2) is 23.2 Å². The summed E-state index contributed by atoms with van der Waals surface area (Å²) in [5.74, 6) is 4.04. The zero-order valence-corrected chi connectivity index (χ0v) is 17.3. The van der Waals surface area contributed by atoms with Crippen molar-refractivity contribution in [1.29, 1.82) is 0 Å². The molecule has 1 fully saturated rings. The van der Waals surface area contributed by atoms with E-state index in [-0.39, 0.29) is 0 Å². The standard InChI is InChI=1S/C21H30N6O2/c1-15-25-26-20(27(15)2)14-22-21(23-16-7-4-3-5-8-16)24-17-9-10-18-19(13-17)29-12-6-11-28-18/h9-10,13,16H,3-8,11-12,14H2,1-2H3,(H2,22,23,24). The Balaban J connectivity index is 1.52. The van der Waals surface area contributed by atoms with E-state index in [2.05, 4.69) is 20.8 Å². The number of hydrogen-bond donors (Lipinski definition) is 2. The summed E-state index contributed by atoms with van der Waals surface area (Å²) in [5, 5.41) is 15.4. The molecule has 1 aliphatic heterocycles. The van der Waals surface area contributed by atoms with E-state index < -0.39 is 0 Å². The summed E-state index contributed by atoms with van der Waals surface area (Å²) in [4.78, 5) is 4.79. The minimum absolute atomic E-state index is 0.441. The maximum absolute atomic E-state index is 5.82. The predicted octanol–water partition coefficient (Wildman–Crippen LogP) is 3.18. The number of nitrogens with one attached hydrogen (secondary N) is 2. The number of aryl methyl sites for hydroxylation is 1. The van der Waals surface area contributed by atoms with Crippen LogP contribution in [0.25, 0.3) is 0 Å². The first-order chi connectivity index (χ1) is 14.2. The van der Waals surface area contributed by atoms with Crippen LogP contribution in [0, 0.1) is 6.92 Å². The second-order valence-corrected chi connectivity index (χ2v) is 7.70. The zero-order valence-electron chi connectivity index (χ0n) is 17.3. The van der Waals surface area contributed by atoms with Crippen LogP contribution in [0.3, 0.4) is 0 Å². The molecule has 2 heterocycles. The molecule has 0 amide bonds. The van der Waals surface area contributed by atoms with E-state index >= 15 is 0 Å². The van der Waals surface area contributed by atoms with Crippen molar-refractivity contribution in [2.45, 2.75) is 58.0 Å². The lowest BCUT2D eigenvalue weighted by atomic mass is 9.96. The first-order valence-electron chi connectivity index (χ1n) is 10.5. The molecule has 29 heavy (non-hydrogen) atoms. The molecule has 0 bridgehead atoms. The summed E-state index contributed by atoms with van der Waals surface area (Å²) in [5.41, 5.74) is 0.922. The second-order valence-electron chi connectivity index (χ2n) is 7.70. The van der Waals surface area contributed by atoms with Crippen LogP contribution in [0.5, 0.6) is 11.5 Å². The van der Waals surface area contributed by atoms with Gasteiger partial charge in [0.15, 0.2) is 23.3 Å². The van der Waals surface area contributed by atoms with Crippen LogP contribution in [0.4, 0.5) is 5.69 Å². The molecule has 0 radical (unpaired) electrons. The largest absolute Gasteiger partial charge is 0.490 e. The van der Waals surface area contributed by atoms with Gasteiger partial charge in [-0.3, -0.25) is 0 Å². The summed E-state index contributed by atoms with van der Waals surface area (Å²) in [6, 6.07) is 6.37. The van der Waals surface area contributed by atoms with E-state index in [1.54, 1.807) is 0 Å². The van der Waals surface area contributed by atoms with Crippen molar-refractivity contribution in [3.05, 3.63) is 29.8 Å². The molecule has 1 aliphatic carbocycles. The predicted molar refractivity (Wildman–Crippen MR) is 113 cm³/mol. The molecule has 2 N–H and O–H groups in total. The number of nitrogens with zero attached hydrogens (tertiary/aromatic N) is 4. The number of guanidine groups is 1. The highest BCUT2D eigenvalue weighted by molar-refractivity contribution is 5.94. The van der Waals surface area contributed by atoms with Gasteiger partial charge in [0.1, 0.15) is 12.4 Å². The lowest BCUT2D eigenvalue weighted by molar-refractivity contribution is 0.297. The van der Waals surface area contributed by atoms with Gasteiger partial charge in [-0.2, -0.15) is 0 Å². The summed E-state index contributed by atoms with van der Waals surface area (Å²) in [6.45, 7) is 3.76. The fraction of sp³-hybridized carbons (Fsp3) is 0.571. The number of fused-ring (bicyclic) bond motifs is 1. The molecule has 0 saturated heterocycles. The molecule has 2 aromatic rings. The molecule has 0 unspecified atom stereocenters. The normalized spacial score (nSPS) is 17.7. The molecule has 0 atom stereocenters. The summed E-state index contributed by atoms with van der Waals surface area (Å²) in [6.07, 6.45) is 7.08. The third-order valence-corrected chi connectivity index (χ3v) is 5.52. The van der Waals surface area contributed by atoms with E-state index in [9.17, 15) is 0 Å². The van der Waals surface area contributed by atoms with Crippen molar-refractivity contribution in [2.75, 3.05) is 18.5 Å². The van der Waals surface area contributed by atoms with Gasteiger partial charge in [0.25, 0.3) is 0 Å². The number of ether oxygens (including phenoxy) is 2. The smallest absolute Gasteiger partial charge is 0.196 e. The molecule has 1 aromatic heterocycles. The maximum atomic E-state index is 5.82. The SMILES string of the molecule is Cc1nnc(CN=C(Nc2ccc3c(c2)OCCCO3)NC2CCCCC2)n1C. The molecular weight excluding hydrogens is 368 g/mol. The zero-order chi connectivity index (χ0) is 20.1. The van der Waals surface area contributed by atoms with Gasteiger partial charge >= 0.3 is 0 Å². The van der Waals surface area contributed by atoms with Crippen LogP contribution >= 0.6 is 0 Å². The highest BCUT2D eigenvalue weighted by Gasteiger charge is 2.16. The lowest BCUT2D eigenvalue weighted by Crippen LogP contribution is -2.40. The topological polar surface area (TPSA) is 85.6 Å². The summed E-state index contributed by atoms with van der Waals surface area (Å²) < 4.78 is 13.5. The van der Waals surface area contributed by atoms with Gasteiger partial charge in [-0.1, -0.05) is 19.3 Å². The Labute approximate surface area is 171 Å². The molecule has 0 spiro atoms. The van der Waals surface area contributed by atoms with E-state index in [1.165, 1.54) is 32.1 Å². The van der Waals surface area contributed by atoms with Crippen molar-refractivity contribution in [3.8, 4) is 11.5 Å². The summed E-state index contributed by atoms with van der Waals surface area (Å²) in [7, 11) is 1.96. The van der Waals surface area contributed by atoms with Crippen molar-refractivity contribution in [3.63, 3.8) is 0 Å². The van der Waals surface area contributed by atoms with Gasteiger partial charge in [-0.25, -0.2) is 4.99 Å². The number of rotatable bonds is 4. The van der Waals surface area contributed by atoms with Gasteiger partial charge < -0.3 is 24.7 Å². The van der Waals surface area contributed by atoms with Crippen LogP contribution in [0.2, 0.25) is 0 Å². The monoisotopic (exact) mass is 398 g/mol. The molecule has 1 aromatic carbocycles. The molecule has 1 saturated carbocycles. The van der Waals surface area contributed by atoms with Gasteiger partial charge in [-0.05, 0) is 31.9 Å². The van der Waals surface area contributed by atoms with Crippen molar-refractivity contribution in [2.24, 2.45) is 12.0 Å². The Bertz CT molecular complexity index is 857. The molecule has 2 aliphatic rings. The molecule has 8 heteroatoms. The van der Waals surface area contributed by atoms with E-state index in [0.717, 1.165) is 41.2 Å². The highest BCUT2D eigenvalue weighted by Crippen LogP contribution is 2.32. The Morgan fingerprint density at radius 3 is 2.66 bits per heavy atom. The minimum atomic E-state index is 0.441. The van der Waals surface area contributed by atoms with Crippen molar-refractivity contribution >= 4 is 11.6 Å². The third-order valence-electron chi connectivity index (χ3n) is 5.52. The lowest BCUT2D eigenvalue weighted by Gasteiger charge is -2.25. The Morgan fingerprint density at radius 1 is 1.10 bits per heavy atom. The maximum Gasteiger partial charge on any atom is 0.196 e. The molecular formula is C21H30N6O2. The van der Waals surface area contributed by atoms with Gasteiger partial charge in [0.05, 0.1) is 13.2 Å². The van der Waals surface area contributed by atoms with Gasteiger partial charge in [-0.15, -0.1) is 10.2 Å². The highest BCUT2D eigenvalue weighted by atomic mass is 16.5. The average Bonchev–Trinajstić information content (AvgIpc) is 2.93. The fourth-order valence-electron chi connectivity index (χ4n) is 3.68. The first kappa shape index (κ1) is 19.5. The second kappa shape index (κ2) is 9.15. The van der Waals surface area contributed by atoms with Crippen LogP contribution < -0.4 is 20.1 Å². The van der Waals surface area contributed by atoms with Crippen molar-refractivity contribution in [1.82, 2.24) is 20.1 Å². The number of anilines is 1. The number of aromatic nitrogens is 3. The summed E-state index contributed by atoms with van der Waals surface area (Å²) >= 11 is 0. The first-order valence-corrected chi connectivity index (χ1v) is 10.5. The van der Waals surface area contributed by atoms with Gasteiger partial charge in [0.2, 0.25) is 0 Å². The Kier molecular flexibility index (Phi) is 6.17. The minimum Gasteiger partial charge on any atom is -0.490 e. The fourth-order valence-corrected chi connectivity index (χ4v) is 3.68. The van der Waals surface area contributed by atoms with Crippen LogP contribution in [-0.2, 0) is 13.6 Å². The molecule has 156 valence electrons. The number of hydrogen-bond acceptors (Lipinski definition) is 5. The van der Waals surface area contributed by atoms with E-state index in [1.807, 2.05) is 36.7 Å². The number of benzene rings is 1. The quantitative estimate of drug-likeness (QED) is 0.608. The molecule has 8 nitrogen and oxygen atoms in total. The Hall–Kier alpha value is -2.77. The number of aliphatic imine (C=N–C) groups is 1. The average molecular weight is 399 g/mol.